The van der Waals surface area contributed by atoms with Gasteiger partial charge in [0, 0.05) is 11.1 Å². The summed E-state index contributed by atoms with van der Waals surface area (Å²) in [5.74, 6) is 1.03. The normalized spacial score (nSPS) is 23.5. The lowest BCUT2D eigenvalue weighted by atomic mass is 9.93. The van der Waals surface area contributed by atoms with E-state index >= 15 is 0 Å². The van der Waals surface area contributed by atoms with Crippen LogP contribution in [-0.2, 0) is 0 Å². The lowest BCUT2D eigenvalue weighted by molar-refractivity contribution is 0.374. The number of hydrogen-bond acceptors (Lipinski definition) is 2. The van der Waals surface area contributed by atoms with E-state index in [2.05, 4.69) is 62.3 Å². The number of aryl methyl sites for hydroxylation is 1. The minimum atomic E-state index is 0.140. The van der Waals surface area contributed by atoms with Gasteiger partial charge in [-0.1, -0.05) is 29.8 Å². The number of nitrogens with zero attached hydrogens (tertiary/aromatic N) is 1. The van der Waals surface area contributed by atoms with E-state index < -0.39 is 0 Å². The van der Waals surface area contributed by atoms with E-state index in [-0.39, 0.29) is 5.54 Å². The lowest BCUT2D eigenvalue weighted by Crippen LogP contribution is -2.49. The molecular weight excluding hydrogens is 196 g/mol. The second kappa shape index (κ2) is 3.93. The number of hydrogen-bond donors (Lipinski definition) is 1. The molecule has 86 valence electrons. The molecule has 0 bridgehead atoms. The third kappa shape index (κ3) is 2.43. The molecule has 1 N–H and O–H groups in total. The zero-order valence-corrected chi connectivity index (χ0v) is 10.5. The third-order valence-corrected chi connectivity index (χ3v) is 2.94. The van der Waals surface area contributed by atoms with Gasteiger partial charge in [-0.25, -0.2) is 0 Å². The van der Waals surface area contributed by atoms with Gasteiger partial charge in [0.25, 0.3) is 0 Å². The van der Waals surface area contributed by atoms with Crippen LogP contribution >= 0.6 is 0 Å². The van der Waals surface area contributed by atoms with Crippen LogP contribution in [0.2, 0.25) is 0 Å². The predicted molar refractivity (Wildman–Crippen MR) is 69.0 cm³/mol. The second-order valence-electron chi connectivity index (χ2n) is 5.41. The highest BCUT2D eigenvalue weighted by Gasteiger charge is 2.27. The van der Waals surface area contributed by atoms with Crippen LogP contribution in [0, 0.1) is 6.92 Å². The van der Waals surface area contributed by atoms with Gasteiger partial charge in [0.2, 0.25) is 0 Å². The summed E-state index contributed by atoms with van der Waals surface area (Å²) >= 11 is 0. The maximum Gasteiger partial charge on any atom is 0.128 e. The Morgan fingerprint density at radius 2 is 1.88 bits per heavy atom. The topological polar surface area (TPSA) is 24.4 Å². The van der Waals surface area contributed by atoms with Gasteiger partial charge in [-0.2, -0.15) is 0 Å². The smallest absolute Gasteiger partial charge is 0.128 e. The molecule has 1 aromatic rings. The Kier molecular flexibility index (Phi) is 2.75. The van der Waals surface area contributed by atoms with Gasteiger partial charge in [0.05, 0.1) is 6.04 Å². The molecule has 1 aliphatic heterocycles. The standard InChI is InChI=1S/C14H20N2/c1-10-5-7-12(8-6-10)13-15-11(2)9-14(3,4)16-13/h5-8,11H,9H2,1-4H3,(H,15,16). The van der Waals surface area contributed by atoms with Crippen molar-refractivity contribution < 1.29 is 0 Å². The van der Waals surface area contributed by atoms with Crippen molar-refractivity contribution >= 4 is 5.84 Å². The van der Waals surface area contributed by atoms with Crippen molar-refractivity contribution in [3.63, 3.8) is 0 Å². The lowest BCUT2D eigenvalue weighted by Gasteiger charge is -2.34. The fourth-order valence-corrected chi connectivity index (χ4v) is 2.27. The summed E-state index contributed by atoms with van der Waals surface area (Å²) in [6.07, 6.45) is 1.09. The van der Waals surface area contributed by atoms with Crippen molar-refractivity contribution in [2.75, 3.05) is 0 Å². The maximum absolute atomic E-state index is 4.68. The summed E-state index contributed by atoms with van der Waals surface area (Å²) in [5.41, 5.74) is 2.61. The average Bonchev–Trinajstić information content (AvgIpc) is 2.15. The van der Waals surface area contributed by atoms with Crippen molar-refractivity contribution in [2.45, 2.75) is 45.7 Å². The minimum absolute atomic E-state index is 0.140. The summed E-state index contributed by atoms with van der Waals surface area (Å²) in [6.45, 7) is 8.74. The minimum Gasteiger partial charge on any atom is -0.365 e. The van der Waals surface area contributed by atoms with E-state index in [4.69, 9.17) is 0 Å². The highest BCUT2D eigenvalue weighted by atomic mass is 15.1. The van der Waals surface area contributed by atoms with Gasteiger partial charge >= 0.3 is 0 Å². The van der Waals surface area contributed by atoms with Gasteiger partial charge in [0.15, 0.2) is 0 Å². The fourth-order valence-electron chi connectivity index (χ4n) is 2.27. The quantitative estimate of drug-likeness (QED) is 0.767. The van der Waals surface area contributed by atoms with Crippen LogP contribution in [0.25, 0.3) is 0 Å². The molecule has 2 rings (SSSR count). The number of rotatable bonds is 1. The molecule has 1 heterocycles. The first kappa shape index (κ1) is 11.2. The Hall–Kier alpha value is -1.31. The fraction of sp³-hybridized carbons (Fsp3) is 0.500. The maximum atomic E-state index is 4.68. The summed E-state index contributed by atoms with van der Waals surface area (Å²) in [7, 11) is 0. The van der Waals surface area contributed by atoms with Crippen LogP contribution in [0.3, 0.4) is 0 Å². The number of nitrogens with one attached hydrogen (secondary N) is 1. The summed E-state index contributed by atoms with van der Waals surface area (Å²) in [5, 5.41) is 3.51. The van der Waals surface area contributed by atoms with Crippen LogP contribution in [0.1, 0.15) is 38.3 Å². The van der Waals surface area contributed by atoms with E-state index in [1.54, 1.807) is 0 Å². The predicted octanol–water partition coefficient (Wildman–Crippen LogP) is 2.90. The van der Waals surface area contributed by atoms with Crippen molar-refractivity contribution in [3.05, 3.63) is 35.4 Å². The Balaban J connectivity index is 2.30. The molecule has 1 atom stereocenters. The van der Waals surface area contributed by atoms with Crippen LogP contribution in [-0.4, -0.2) is 17.4 Å². The van der Waals surface area contributed by atoms with Crippen molar-refractivity contribution in [2.24, 2.45) is 4.99 Å². The molecule has 0 aliphatic carbocycles. The van der Waals surface area contributed by atoms with Crippen molar-refractivity contribution in [1.82, 2.24) is 5.32 Å². The van der Waals surface area contributed by atoms with E-state index in [0.29, 0.717) is 6.04 Å². The molecule has 0 spiro atoms. The molecule has 1 aliphatic rings. The van der Waals surface area contributed by atoms with Crippen molar-refractivity contribution in [3.8, 4) is 0 Å². The van der Waals surface area contributed by atoms with E-state index in [0.717, 1.165) is 12.3 Å². The molecule has 0 radical (unpaired) electrons. The summed E-state index contributed by atoms with van der Waals surface area (Å²) in [4.78, 5) is 4.68. The Labute approximate surface area is 97.8 Å². The summed E-state index contributed by atoms with van der Waals surface area (Å²) < 4.78 is 0. The molecule has 0 fully saturated rings. The largest absolute Gasteiger partial charge is 0.365 e. The monoisotopic (exact) mass is 216 g/mol. The molecule has 0 saturated heterocycles. The molecule has 0 aromatic heterocycles. The molecule has 2 heteroatoms. The highest BCUT2D eigenvalue weighted by molar-refractivity contribution is 5.99. The first-order chi connectivity index (χ1) is 7.46. The first-order valence-electron chi connectivity index (χ1n) is 5.89. The third-order valence-electron chi connectivity index (χ3n) is 2.94. The molecule has 0 amide bonds. The molecule has 1 unspecified atom stereocenters. The molecular formula is C14H20N2. The zero-order valence-electron chi connectivity index (χ0n) is 10.5. The zero-order chi connectivity index (χ0) is 11.8. The van der Waals surface area contributed by atoms with Crippen molar-refractivity contribution in [1.29, 1.82) is 0 Å². The van der Waals surface area contributed by atoms with Gasteiger partial charge in [-0.05, 0) is 34.1 Å². The molecule has 16 heavy (non-hydrogen) atoms. The Morgan fingerprint density at radius 3 is 2.44 bits per heavy atom. The second-order valence-corrected chi connectivity index (χ2v) is 5.41. The average molecular weight is 216 g/mol. The van der Waals surface area contributed by atoms with Crippen LogP contribution in [0.4, 0.5) is 0 Å². The van der Waals surface area contributed by atoms with Gasteiger partial charge < -0.3 is 5.32 Å². The van der Waals surface area contributed by atoms with Crippen LogP contribution < -0.4 is 5.32 Å². The van der Waals surface area contributed by atoms with E-state index in [1.165, 1.54) is 11.1 Å². The van der Waals surface area contributed by atoms with Gasteiger partial charge in [-0.15, -0.1) is 0 Å². The molecule has 2 nitrogen and oxygen atoms in total. The van der Waals surface area contributed by atoms with Crippen LogP contribution in [0.15, 0.2) is 29.3 Å². The summed E-state index contributed by atoms with van der Waals surface area (Å²) in [6, 6.07) is 8.93. The van der Waals surface area contributed by atoms with E-state index in [1.807, 2.05) is 0 Å². The SMILES string of the molecule is Cc1ccc(C2=NC(C)CC(C)(C)N2)cc1. The number of amidine groups is 1. The highest BCUT2D eigenvalue weighted by Crippen LogP contribution is 2.20. The first-order valence-corrected chi connectivity index (χ1v) is 5.89. The Morgan fingerprint density at radius 1 is 1.25 bits per heavy atom. The number of aliphatic imine (C=N–C) groups is 1. The van der Waals surface area contributed by atoms with E-state index in [9.17, 15) is 0 Å². The van der Waals surface area contributed by atoms with Crippen LogP contribution in [0.5, 0.6) is 0 Å². The number of benzene rings is 1. The Bertz CT molecular complexity index is 401. The van der Waals surface area contributed by atoms with Gasteiger partial charge in [-0.3, -0.25) is 4.99 Å². The molecule has 1 aromatic carbocycles. The molecule has 0 saturated carbocycles. The van der Waals surface area contributed by atoms with Gasteiger partial charge in [0.1, 0.15) is 5.84 Å².